The number of nitrogens with two attached hydrogens (primary N) is 1. The van der Waals surface area contributed by atoms with E-state index in [0.717, 1.165) is 0 Å². The highest BCUT2D eigenvalue weighted by Crippen LogP contribution is 2.13. The Balaban J connectivity index is 1.75. The SMILES string of the molecule is Nc1ccc(OCC(=O)OCc2ccc(F)cc2)cc1. The van der Waals surface area contributed by atoms with E-state index in [2.05, 4.69) is 0 Å². The van der Waals surface area contributed by atoms with Gasteiger partial charge in [0, 0.05) is 5.69 Å². The lowest BCUT2D eigenvalue weighted by Gasteiger charge is -2.07. The third kappa shape index (κ3) is 4.28. The number of carbonyl (C=O) groups is 1. The molecule has 0 heterocycles. The first kappa shape index (κ1) is 13.9. The third-order valence-electron chi connectivity index (χ3n) is 2.55. The number of carbonyl (C=O) groups excluding carboxylic acids is 1. The first-order valence-electron chi connectivity index (χ1n) is 6.02. The number of esters is 1. The van der Waals surface area contributed by atoms with Crippen LogP contribution in [0, 0.1) is 5.82 Å². The molecule has 5 heteroatoms. The minimum absolute atomic E-state index is 0.0875. The number of anilines is 1. The van der Waals surface area contributed by atoms with E-state index in [9.17, 15) is 9.18 Å². The van der Waals surface area contributed by atoms with E-state index in [1.54, 1.807) is 36.4 Å². The summed E-state index contributed by atoms with van der Waals surface area (Å²) in [5, 5.41) is 0. The van der Waals surface area contributed by atoms with Crippen molar-refractivity contribution in [2.45, 2.75) is 6.61 Å². The van der Waals surface area contributed by atoms with Gasteiger partial charge in [0.1, 0.15) is 18.2 Å². The molecule has 2 rings (SSSR count). The van der Waals surface area contributed by atoms with Gasteiger partial charge < -0.3 is 15.2 Å². The molecular weight excluding hydrogens is 261 g/mol. The van der Waals surface area contributed by atoms with Crippen LogP contribution in [0.15, 0.2) is 48.5 Å². The van der Waals surface area contributed by atoms with Crippen molar-refractivity contribution in [3.05, 3.63) is 59.9 Å². The summed E-state index contributed by atoms with van der Waals surface area (Å²) in [6.07, 6.45) is 0. The number of hydrogen-bond donors (Lipinski definition) is 1. The number of rotatable bonds is 5. The first-order valence-corrected chi connectivity index (χ1v) is 6.02. The van der Waals surface area contributed by atoms with Crippen LogP contribution in [0.4, 0.5) is 10.1 Å². The lowest BCUT2D eigenvalue weighted by atomic mass is 10.2. The van der Waals surface area contributed by atoms with Crippen LogP contribution in [0.3, 0.4) is 0 Å². The van der Waals surface area contributed by atoms with Crippen LogP contribution in [0.25, 0.3) is 0 Å². The van der Waals surface area contributed by atoms with Crippen LogP contribution in [-0.4, -0.2) is 12.6 Å². The second-order valence-corrected chi connectivity index (χ2v) is 4.14. The molecule has 0 amide bonds. The molecule has 20 heavy (non-hydrogen) atoms. The Morgan fingerprint density at radius 2 is 1.70 bits per heavy atom. The molecule has 0 bridgehead atoms. The number of nitrogen functional groups attached to an aromatic ring is 1. The Labute approximate surface area is 115 Å². The topological polar surface area (TPSA) is 61.5 Å². The Bertz CT molecular complexity index is 515. The molecule has 4 nitrogen and oxygen atoms in total. The summed E-state index contributed by atoms with van der Waals surface area (Å²) in [6, 6.07) is 12.4. The van der Waals surface area contributed by atoms with Crippen LogP contribution >= 0.6 is 0 Å². The fourth-order valence-electron chi connectivity index (χ4n) is 1.49. The number of hydrogen-bond acceptors (Lipinski definition) is 4. The predicted octanol–water partition coefficient (Wildman–Crippen LogP) is 2.53. The zero-order valence-electron chi connectivity index (χ0n) is 10.7. The van der Waals surface area contributed by atoms with Gasteiger partial charge in [-0.05, 0) is 42.0 Å². The van der Waals surface area contributed by atoms with Gasteiger partial charge in [-0.1, -0.05) is 12.1 Å². The maximum absolute atomic E-state index is 12.7. The van der Waals surface area contributed by atoms with Crippen molar-refractivity contribution in [3.63, 3.8) is 0 Å². The molecule has 0 aromatic heterocycles. The van der Waals surface area contributed by atoms with Crippen molar-refractivity contribution in [3.8, 4) is 5.75 Å². The highest BCUT2D eigenvalue weighted by Gasteiger charge is 2.05. The zero-order chi connectivity index (χ0) is 14.4. The molecule has 104 valence electrons. The second kappa shape index (κ2) is 6.56. The molecule has 0 aliphatic rings. The summed E-state index contributed by atoms with van der Waals surface area (Å²) in [5.41, 5.74) is 6.87. The van der Waals surface area contributed by atoms with E-state index in [1.165, 1.54) is 12.1 Å². The normalized spacial score (nSPS) is 10.1. The molecule has 2 aromatic rings. The van der Waals surface area contributed by atoms with Crippen molar-refractivity contribution in [2.75, 3.05) is 12.3 Å². The number of ether oxygens (including phenoxy) is 2. The maximum Gasteiger partial charge on any atom is 0.344 e. The van der Waals surface area contributed by atoms with E-state index in [4.69, 9.17) is 15.2 Å². The van der Waals surface area contributed by atoms with E-state index >= 15 is 0 Å². The molecule has 0 saturated carbocycles. The van der Waals surface area contributed by atoms with Gasteiger partial charge >= 0.3 is 5.97 Å². The summed E-state index contributed by atoms with van der Waals surface area (Å²) < 4.78 is 22.9. The molecule has 0 spiro atoms. The van der Waals surface area contributed by atoms with E-state index in [-0.39, 0.29) is 19.0 Å². The Morgan fingerprint density at radius 1 is 1.05 bits per heavy atom. The molecule has 0 atom stereocenters. The van der Waals surface area contributed by atoms with Crippen LogP contribution in [0.1, 0.15) is 5.56 Å². The van der Waals surface area contributed by atoms with Gasteiger partial charge in [0.25, 0.3) is 0 Å². The molecular formula is C15H14FNO3. The van der Waals surface area contributed by atoms with Gasteiger partial charge in [-0.15, -0.1) is 0 Å². The first-order chi connectivity index (χ1) is 9.63. The summed E-state index contributed by atoms with van der Waals surface area (Å²) >= 11 is 0. The summed E-state index contributed by atoms with van der Waals surface area (Å²) in [5.74, 6) is -0.282. The highest BCUT2D eigenvalue weighted by atomic mass is 19.1. The third-order valence-corrected chi connectivity index (χ3v) is 2.55. The number of benzene rings is 2. The van der Waals surface area contributed by atoms with Gasteiger partial charge in [-0.3, -0.25) is 0 Å². The van der Waals surface area contributed by atoms with Crippen molar-refractivity contribution in [1.82, 2.24) is 0 Å². The largest absolute Gasteiger partial charge is 0.482 e. The molecule has 0 fully saturated rings. The number of halogens is 1. The van der Waals surface area contributed by atoms with Crippen LogP contribution in [-0.2, 0) is 16.1 Å². The van der Waals surface area contributed by atoms with Gasteiger partial charge in [0.15, 0.2) is 6.61 Å². The zero-order valence-corrected chi connectivity index (χ0v) is 10.7. The van der Waals surface area contributed by atoms with Gasteiger partial charge in [0.05, 0.1) is 0 Å². The summed E-state index contributed by atoms with van der Waals surface area (Å²) in [4.78, 5) is 11.5. The molecule has 2 N–H and O–H groups in total. The molecule has 0 radical (unpaired) electrons. The summed E-state index contributed by atoms with van der Waals surface area (Å²) in [6.45, 7) is -0.102. The van der Waals surface area contributed by atoms with Gasteiger partial charge in [0.2, 0.25) is 0 Å². The predicted molar refractivity (Wildman–Crippen MR) is 72.5 cm³/mol. The van der Waals surface area contributed by atoms with Crippen molar-refractivity contribution < 1.29 is 18.7 Å². The fraction of sp³-hybridized carbons (Fsp3) is 0.133. The van der Waals surface area contributed by atoms with Crippen molar-refractivity contribution in [1.29, 1.82) is 0 Å². The highest BCUT2D eigenvalue weighted by molar-refractivity contribution is 5.71. The lowest BCUT2D eigenvalue weighted by Crippen LogP contribution is -2.14. The molecule has 0 saturated heterocycles. The van der Waals surface area contributed by atoms with Gasteiger partial charge in [-0.2, -0.15) is 0 Å². The monoisotopic (exact) mass is 275 g/mol. The quantitative estimate of drug-likeness (QED) is 0.673. The smallest absolute Gasteiger partial charge is 0.344 e. The fourth-order valence-corrected chi connectivity index (χ4v) is 1.49. The van der Waals surface area contributed by atoms with E-state index < -0.39 is 5.97 Å². The Hall–Kier alpha value is -2.56. The minimum Gasteiger partial charge on any atom is -0.482 e. The van der Waals surface area contributed by atoms with Crippen LogP contribution < -0.4 is 10.5 Å². The second-order valence-electron chi connectivity index (χ2n) is 4.14. The van der Waals surface area contributed by atoms with Crippen LogP contribution in [0.5, 0.6) is 5.75 Å². The van der Waals surface area contributed by atoms with E-state index in [0.29, 0.717) is 17.0 Å². The lowest BCUT2D eigenvalue weighted by molar-refractivity contribution is -0.147. The molecule has 0 aliphatic heterocycles. The van der Waals surface area contributed by atoms with Crippen LogP contribution in [0.2, 0.25) is 0 Å². The molecule has 0 unspecified atom stereocenters. The Kier molecular flexibility index (Phi) is 4.55. The van der Waals surface area contributed by atoms with Crippen molar-refractivity contribution in [2.24, 2.45) is 0 Å². The maximum atomic E-state index is 12.7. The van der Waals surface area contributed by atoms with Crippen molar-refractivity contribution >= 4 is 11.7 Å². The van der Waals surface area contributed by atoms with E-state index in [1.807, 2.05) is 0 Å². The minimum atomic E-state index is -0.494. The average molecular weight is 275 g/mol. The molecule has 2 aromatic carbocycles. The van der Waals surface area contributed by atoms with Gasteiger partial charge in [-0.25, -0.2) is 9.18 Å². The molecule has 0 aliphatic carbocycles. The average Bonchev–Trinajstić information content (AvgIpc) is 2.46. The Morgan fingerprint density at radius 3 is 2.35 bits per heavy atom. The standard InChI is InChI=1S/C15H14FNO3/c16-12-3-1-11(2-4-12)9-20-15(18)10-19-14-7-5-13(17)6-8-14/h1-8H,9-10,17H2. The summed E-state index contributed by atoms with van der Waals surface area (Å²) in [7, 11) is 0.